The van der Waals surface area contributed by atoms with Crippen molar-refractivity contribution in [1.29, 1.82) is 0 Å². The summed E-state index contributed by atoms with van der Waals surface area (Å²) in [6, 6.07) is 67.4. The van der Waals surface area contributed by atoms with Crippen LogP contribution in [-0.2, 0) is 6.42 Å². The zero-order valence-corrected chi connectivity index (χ0v) is 32.2. The minimum absolute atomic E-state index is 1.10. The lowest BCUT2D eigenvalue weighted by molar-refractivity contribution is 1.26. The van der Waals surface area contributed by atoms with Gasteiger partial charge in [-0.1, -0.05) is 237 Å². The van der Waals surface area contributed by atoms with Crippen LogP contribution < -0.4 is 0 Å². The maximum atomic E-state index is 2.24. The molecule has 51 heavy (non-hydrogen) atoms. The Morgan fingerprint density at radius 3 is 0.725 bits per heavy atom. The zero-order chi connectivity index (χ0) is 37.1. The lowest BCUT2D eigenvalue weighted by Crippen LogP contribution is -1.77. The average molecular weight is 671 g/mol. The summed E-state index contributed by atoms with van der Waals surface area (Å²) >= 11 is 0. The fraction of sp³-hybridized carbons (Fsp3) is 0.176. The lowest BCUT2D eigenvalue weighted by Gasteiger charge is -2.00. The molecule has 0 bridgehead atoms. The average Bonchev–Trinajstić information content (AvgIpc) is 3.63. The Morgan fingerprint density at radius 2 is 0.451 bits per heavy atom. The van der Waals surface area contributed by atoms with Crippen molar-refractivity contribution < 1.29 is 0 Å². The number of benzene rings is 8. The summed E-state index contributed by atoms with van der Waals surface area (Å²) in [6.45, 7) is 16.0. The molecule has 0 saturated heterocycles. The Labute approximate surface area is 309 Å². The third-order valence-corrected chi connectivity index (χ3v) is 7.65. The van der Waals surface area contributed by atoms with E-state index in [1.165, 1.54) is 54.6 Å². The van der Waals surface area contributed by atoms with E-state index < -0.39 is 0 Å². The largest absolute Gasteiger partial charge is 0.0683 e. The van der Waals surface area contributed by atoms with E-state index >= 15 is 0 Å². The Hall–Kier alpha value is -5.46. The molecule has 0 unspecified atom stereocenters. The van der Waals surface area contributed by atoms with E-state index in [-0.39, 0.29) is 0 Å². The molecule has 9 rings (SSSR count). The Morgan fingerprint density at radius 1 is 0.235 bits per heavy atom. The van der Waals surface area contributed by atoms with Gasteiger partial charge in [0.1, 0.15) is 0 Å². The van der Waals surface area contributed by atoms with Crippen LogP contribution in [0.5, 0.6) is 0 Å². The second-order valence-electron chi connectivity index (χ2n) is 10.5. The molecule has 0 saturated carbocycles. The van der Waals surface area contributed by atoms with Gasteiger partial charge in [-0.15, -0.1) is 0 Å². The van der Waals surface area contributed by atoms with Crippen LogP contribution >= 0.6 is 0 Å². The van der Waals surface area contributed by atoms with Gasteiger partial charge in [0.15, 0.2) is 0 Å². The first-order chi connectivity index (χ1) is 25.3. The summed E-state index contributed by atoms with van der Waals surface area (Å²) in [4.78, 5) is 0. The first-order valence-electron chi connectivity index (χ1n) is 18.8. The molecule has 262 valence electrons. The van der Waals surface area contributed by atoms with Crippen molar-refractivity contribution in [2.45, 2.75) is 61.8 Å². The first kappa shape index (κ1) is 41.7. The minimum Gasteiger partial charge on any atom is -0.0683 e. The molecule has 0 heteroatoms. The molecular weight excluding hydrogens is 613 g/mol. The highest BCUT2D eigenvalue weighted by atomic mass is 14.2. The predicted molar refractivity (Wildman–Crippen MR) is 232 cm³/mol. The lowest BCUT2D eigenvalue weighted by atomic mass is 10.0. The van der Waals surface area contributed by atoms with Gasteiger partial charge in [-0.2, -0.15) is 0 Å². The van der Waals surface area contributed by atoms with Crippen LogP contribution in [-0.4, -0.2) is 0 Å². The van der Waals surface area contributed by atoms with Crippen molar-refractivity contribution in [3.05, 3.63) is 205 Å². The first-order valence-corrected chi connectivity index (χ1v) is 18.8. The third-order valence-electron chi connectivity index (χ3n) is 7.65. The van der Waals surface area contributed by atoms with Gasteiger partial charge in [0.25, 0.3) is 0 Å². The summed E-state index contributed by atoms with van der Waals surface area (Å²) in [5.74, 6) is 0. The summed E-state index contributed by atoms with van der Waals surface area (Å²) in [5, 5.41) is 7.87. The monoisotopic (exact) mass is 670 g/mol. The van der Waals surface area contributed by atoms with Crippen molar-refractivity contribution in [3.63, 3.8) is 0 Å². The van der Waals surface area contributed by atoms with Gasteiger partial charge in [0.05, 0.1) is 0 Å². The van der Waals surface area contributed by atoms with Gasteiger partial charge in [-0.25, -0.2) is 0 Å². The molecule has 1 aliphatic carbocycles. The van der Waals surface area contributed by atoms with Crippen molar-refractivity contribution in [1.82, 2.24) is 0 Å². The van der Waals surface area contributed by atoms with Gasteiger partial charge in [-0.3, -0.25) is 0 Å². The minimum atomic E-state index is 1.10. The highest BCUT2D eigenvalue weighted by Gasteiger charge is 2.15. The van der Waals surface area contributed by atoms with E-state index in [1.54, 1.807) is 0 Å². The quantitative estimate of drug-likeness (QED) is 0.141. The maximum Gasteiger partial charge on any atom is -0.00135 e. The van der Waals surface area contributed by atoms with Crippen LogP contribution in [0, 0.1) is 0 Å². The summed E-state index contributed by atoms with van der Waals surface area (Å²) in [7, 11) is 0. The summed E-state index contributed by atoms with van der Waals surface area (Å²) < 4.78 is 0. The molecule has 0 aliphatic heterocycles. The van der Waals surface area contributed by atoms with Crippen molar-refractivity contribution in [2.75, 3.05) is 0 Å². The normalized spacial score (nSPS) is 9.49. The third kappa shape index (κ3) is 13.1. The van der Waals surface area contributed by atoms with Gasteiger partial charge in [0.2, 0.25) is 0 Å². The number of rotatable bonds is 0. The van der Waals surface area contributed by atoms with Gasteiger partial charge < -0.3 is 0 Å². The van der Waals surface area contributed by atoms with Crippen LogP contribution in [0.1, 0.15) is 66.5 Å². The standard InChI is InChI=1S/C14H10.C13H10.C10H8.C6H6.4C2H6/c1-2-6-12-10-14-8-4-3-7-13(14)9-11(12)5-1;1-3-7-12-10(5-1)9-11-6-2-4-8-13(11)12;1-2-6-10-8-4-3-7-9(10)5-1;1-2-4-6-5-3-1;4*1-2/h1-10H;1-8H,9H2;1-8H;1-6H;4*1-2H3. The Kier molecular flexibility index (Phi) is 20.9. The summed E-state index contributed by atoms with van der Waals surface area (Å²) in [5.41, 5.74) is 5.75. The van der Waals surface area contributed by atoms with Crippen LogP contribution in [0.4, 0.5) is 0 Å². The van der Waals surface area contributed by atoms with E-state index in [2.05, 4.69) is 158 Å². The van der Waals surface area contributed by atoms with Crippen molar-refractivity contribution in [3.8, 4) is 11.1 Å². The van der Waals surface area contributed by atoms with Crippen LogP contribution in [0.25, 0.3) is 43.4 Å². The Bertz CT molecular complexity index is 1810. The summed E-state index contributed by atoms with van der Waals surface area (Å²) in [6.07, 6.45) is 1.10. The van der Waals surface area contributed by atoms with E-state index in [9.17, 15) is 0 Å². The highest BCUT2D eigenvalue weighted by molar-refractivity contribution is 5.98. The molecule has 0 heterocycles. The zero-order valence-electron chi connectivity index (χ0n) is 32.2. The maximum absolute atomic E-state index is 2.24. The second-order valence-corrected chi connectivity index (χ2v) is 10.5. The topological polar surface area (TPSA) is 0 Å². The van der Waals surface area contributed by atoms with Crippen molar-refractivity contribution >= 4 is 32.3 Å². The van der Waals surface area contributed by atoms with Gasteiger partial charge in [-0.05, 0) is 73.1 Å². The van der Waals surface area contributed by atoms with Gasteiger partial charge >= 0.3 is 0 Å². The molecule has 8 aromatic carbocycles. The molecule has 8 aromatic rings. The van der Waals surface area contributed by atoms with E-state index in [0.717, 1.165) is 6.42 Å². The fourth-order valence-corrected chi connectivity index (χ4v) is 5.48. The number of fused-ring (bicyclic) bond motifs is 6. The van der Waals surface area contributed by atoms with E-state index in [4.69, 9.17) is 0 Å². The van der Waals surface area contributed by atoms with Crippen molar-refractivity contribution in [2.24, 2.45) is 0 Å². The van der Waals surface area contributed by atoms with Crippen LogP contribution in [0.15, 0.2) is 194 Å². The molecule has 0 fully saturated rings. The molecule has 0 amide bonds. The molecule has 1 aliphatic rings. The molecule has 0 aromatic heterocycles. The number of hydrogen-bond acceptors (Lipinski definition) is 0. The molecular formula is C51H58. The molecule has 0 nitrogen and oxygen atoms in total. The molecule has 0 spiro atoms. The molecule has 0 atom stereocenters. The van der Waals surface area contributed by atoms with Crippen LogP contribution in [0.3, 0.4) is 0 Å². The van der Waals surface area contributed by atoms with E-state index in [1.807, 2.05) is 91.8 Å². The predicted octanol–water partition coefficient (Wildman–Crippen LogP) is 15.9. The number of hydrogen-bond donors (Lipinski definition) is 0. The smallest absolute Gasteiger partial charge is 0.00135 e. The SMILES string of the molecule is CC.CC.CC.CC.c1ccc2c(c1)Cc1ccccc1-2.c1ccc2cc3ccccc3cc2c1.c1ccc2ccccc2c1.c1ccccc1. The molecule has 0 radical (unpaired) electrons. The van der Waals surface area contributed by atoms with Gasteiger partial charge in [0, 0.05) is 0 Å². The molecule has 0 N–H and O–H groups in total. The second kappa shape index (κ2) is 25.5. The Balaban J connectivity index is 0.000000227. The van der Waals surface area contributed by atoms with Crippen LogP contribution in [0.2, 0.25) is 0 Å². The van der Waals surface area contributed by atoms with E-state index in [0.29, 0.717) is 0 Å². The fourth-order valence-electron chi connectivity index (χ4n) is 5.48. The highest BCUT2D eigenvalue weighted by Crippen LogP contribution is 2.35.